The average Bonchev–Trinajstić information content (AvgIpc) is 2.86. The highest BCUT2D eigenvalue weighted by Gasteiger charge is 2.30. The van der Waals surface area contributed by atoms with Gasteiger partial charge in [-0.15, -0.1) is 0 Å². The number of carbonyl (C=O) groups excluding carboxylic acids is 1. The average molecular weight is 512 g/mol. The van der Waals surface area contributed by atoms with E-state index < -0.39 is 10.0 Å². The number of sulfonamides is 1. The van der Waals surface area contributed by atoms with Crippen LogP contribution in [-0.2, 0) is 27.9 Å². The molecule has 35 heavy (non-hydrogen) atoms. The van der Waals surface area contributed by atoms with Crippen LogP contribution in [0.2, 0.25) is 5.02 Å². The van der Waals surface area contributed by atoms with E-state index in [2.05, 4.69) is 17.0 Å². The second-order valence-corrected chi connectivity index (χ2v) is 11.2. The summed E-state index contributed by atoms with van der Waals surface area (Å²) in [5.41, 5.74) is 3.16. The first-order chi connectivity index (χ1) is 16.8. The highest BCUT2D eigenvalue weighted by atomic mass is 35.5. The molecule has 0 bridgehead atoms. The van der Waals surface area contributed by atoms with Crippen LogP contribution >= 0.6 is 11.6 Å². The van der Waals surface area contributed by atoms with E-state index in [1.807, 2.05) is 49.4 Å². The molecule has 1 amide bonds. The van der Waals surface area contributed by atoms with E-state index in [1.54, 1.807) is 17.0 Å². The number of rotatable bonds is 8. The zero-order chi connectivity index (χ0) is 24.8. The Kier molecular flexibility index (Phi) is 8.23. The molecule has 1 fully saturated rings. The first-order valence-electron chi connectivity index (χ1n) is 11.7. The molecule has 0 aliphatic carbocycles. The van der Waals surface area contributed by atoms with Crippen molar-refractivity contribution >= 4 is 27.5 Å². The molecule has 8 heteroatoms. The summed E-state index contributed by atoms with van der Waals surface area (Å²) in [5.74, 6) is -0.186. The quantitative estimate of drug-likeness (QED) is 0.455. The van der Waals surface area contributed by atoms with Gasteiger partial charge in [0, 0.05) is 44.3 Å². The summed E-state index contributed by atoms with van der Waals surface area (Å²) in [6, 6.07) is 24.0. The third-order valence-corrected chi connectivity index (χ3v) is 8.27. The molecule has 1 aliphatic rings. The van der Waals surface area contributed by atoms with Crippen LogP contribution in [0, 0.1) is 6.92 Å². The summed E-state index contributed by atoms with van der Waals surface area (Å²) < 4.78 is 28.2. The van der Waals surface area contributed by atoms with Crippen LogP contribution in [0.15, 0.2) is 83.8 Å². The van der Waals surface area contributed by atoms with Crippen LogP contribution in [0.1, 0.15) is 16.7 Å². The largest absolute Gasteiger partial charge is 0.339 e. The van der Waals surface area contributed by atoms with Crippen molar-refractivity contribution in [3.63, 3.8) is 0 Å². The maximum atomic E-state index is 13.5. The second-order valence-electron chi connectivity index (χ2n) is 8.86. The molecular weight excluding hydrogens is 482 g/mol. The summed E-state index contributed by atoms with van der Waals surface area (Å²) >= 11 is 5.96. The van der Waals surface area contributed by atoms with Crippen molar-refractivity contribution < 1.29 is 13.2 Å². The van der Waals surface area contributed by atoms with E-state index in [0.717, 1.165) is 30.8 Å². The van der Waals surface area contributed by atoms with E-state index in [0.29, 0.717) is 18.1 Å². The van der Waals surface area contributed by atoms with E-state index in [4.69, 9.17) is 11.6 Å². The molecule has 1 aliphatic heterocycles. The number of piperazine rings is 1. The fraction of sp³-hybridized carbons (Fsp3) is 0.296. The van der Waals surface area contributed by atoms with E-state index in [-0.39, 0.29) is 23.9 Å². The predicted molar refractivity (Wildman–Crippen MR) is 139 cm³/mol. The number of benzene rings is 3. The number of hydrogen-bond donors (Lipinski definition) is 0. The number of nitrogens with zero attached hydrogens (tertiary/aromatic N) is 3. The van der Waals surface area contributed by atoms with Gasteiger partial charge in [-0.1, -0.05) is 71.8 Å². The molecule has 0 unspecified atom stereocenters. The zero-order valence-electron chi connectivity index (χ0n) is 19.8. The maximum Gasteiger partial charge on any atom is 0.243 e. The van der Waals surface area contributed by atoms with Gasteiger partial charge < -0.3 is 4.90 Å². The Labute approximate surface area is 212 Å². The Morgan fingerprint density at radius 3 is 2.11 bits per heavy atom. The van der Waals surface area contributed by atoms with Gasteiger partial charge in [-0.05, 0) is 42.3 Å². The molecular formula is C27H30ClN3O3S. The van der Waals surface area contributed by atoms with Crippen LogP contribution in [0.3, 0.4) is 0 Å². The Balaban J connectivity index is 1.46. The van der Waals surface area contributed by atoms with Crippen molar-refractivity contribution in [3.8, 4) is 0 Å². The molecule has 4 rings (SSSR count). The maximum absolute atomic E-state index is 13.5. The third kappa shape index (κ3) is 6.70. The van der Waals surface area contributed by atoms with Gasteiger partial charge in [0.1, 0.15) is 0 Å². The van der Waals surface area contributed by atoms with E-state index in [9.17, 15) is 13.2 Å². The van der Waals surface area contributed by atoms with E-state index >= 15 is 0 Å². The van der Waals surface area contributed by atoms with Crippen LogP contribution < -0.4 is 0 Å². The lowest BCUT2D eigenvalue weighted by atomic mass is 10.1. The molecule has 184 valence electrons. The fourth-order valence-corrected chi connectivity index (χ4v) is 5.63. The molecule has 1 saturated heterocycles. The van der Waals surface area contributed by atoms with Gasteiger partial charge in [-0.25, -0.2) is 8.42 Å². The highest BCUT2D eigenvalue weighted by molar-refractivity contribution is 7.89. The Morgan fingerprint density at radius 2 is 1.49 bits per heavy atom. The molecule has 3 aromatic rings. The van der Waals surface area contributed by atoms with Crippen LogP contribution in [0.25, 0.3) is 0 Å². The number of halogens is 1. The molecule has 0 spiro atoms. The van der Waals surface area contributed by atoms with Crippen molar-refractivity contribution in [2.75, 3.05) is 32.7 Å². The standard InChI is InChI=1S/C27H30ClN3O3S/c1-22-7-9-24(10-8-22)20-31(35(33,34)26-13-11-25(28)12-14-26)21-27(32)30-17-15-29(16-18-30)19-23-5-3-2-4-6-23/h2-14H,15-21H2,1H3. The van der Waals surface area contributed by atoms with Crippen molar-refractivity contribution in [1.82, 2.24) is 14.1 Å². The first-order valence-corrected chi connectivity index (χ1v) is 13.5. The zero-order valence-corrected chi connectivity index (χ0v) is 21.4. The van der Waals surface area contributed by atoms with Gasteiger partial charge in [0.25, 0.3) is 0 Å². The number of carbonyl (C=O) groups is 1. The summed E-state index contributed by atoms with van der Waals surface area (Å²) in [6.45, 7) is 5.38. The second kappa shape index (κ2) is 11.4. The SMILES string of the molecule is Cc1ccc(CN(CC(=O)N2CCN(Cc3ccccc3)CC2)S(=O)(=O)c2ccc(Cl)cc2)cc1. The van der Waals surface area contributed by atoms with Crippen LogP contribution in [-0.4, -0.2) is 61.2 Å². The molecule has 0 N–H and O–H groups in total. The normalized spacial score (nSPS) is 14.9. The number of aryl methyl sites for hydroxylation is 1. The third-order valence-electron chi connectivity index (χ3n) is 6.22. The predicted octanol–water partition coefficient (Wildman–Crippen LogP) is 4.18. The molecule has 0 saturated carbocycles. The summed E-state index contributed by atoms with van der Waals surface area (Å²) in [4.78, 5) is 17.4. The highest BCUT2D eigenvalue weighted by Crippen LogP contribution is 2.21. The minimum Gasteiger partial charge on any atom is -0.339 e. The van der Waals surface area contributed by atoms with Crippen LogP contribution in [0.4, 0.5) is 0 Å². The minimum atomic E-state index is -3.89. The van der Waals surface area contributed by atoms with Crippen molar-refractivity contribution in [1.29, 1.82) is 0 Å². The van der Waals surface area contributed by atoms with E-state index in [1.165, 1.54) is 22.0 Å². The van der Waals surface area contributed by atoms with Gasteiger partial charge in [0.2, 0.25) is 15.9 Å². The summed E-state index contributed by atoms with van der Waals surface area (Å²) in [7, 11) is -3.89. The molecule has 0 atom stereocenters. The van der Waals surface area contributed by atoms with Crippen LogP contribution in [0.5, 0.6) is 0 Å². The van der Waals surface area contributed by atoms with Gasteiger partial charge in [0.05, 0.1) is 11.4 Å². The fourth-order valence-electron chi connectivity index (χ4n) is 4.13. The molecule has 0 radical (unpaired) electrons. The van der Waals surface area contributed by atoms with Crippen molar-refractivity contribution in [2.45, 2.75) is 24.9 Å². The van der Waals surface area contributed by atoms with Gasteiger partial charge in [-0.2, -0.15) is 4.31 Å². The van der Waals surface area contributed by atoms with Gasteiger partial charge in [-0.3, -0.25) is 9.69 Å². The smallest absolute Gasteiger partial charge is 0.243 e. The molecule has 6 nitrogen and oxygen atoms in total. The number of hydrogen-bond acceptors (Lipinski definition) is 4. The lowest BCUT2D eigenvalue weighted by Crippen LogP contribution is -2.51. The lowest BCUT2D eigenvalue weighted by molar-refractivity contribution is -0.133. The Morgan fingerprint density at radius 1 is 0.857 bits per heavy atom. The lowest BCUT2D eigenvalue weighted by Gasteiger charge is -2.35. The Bertz CT molecular complexity index is 1220. The van der Waals surface area contributed by atoms with Crippen molar-refractivity contribution in [3.05, 3.63) is 101 Å². The molecule has 3 aromatic carbocycles. The van der Waals surface area contributed by atoms with Gasteiger partial charge in [0.15, 0.2) is 0 Å². The minimum absolute atomic E-state index is 0.116. The summed E-state index contributed by atoms with van der Waals surface area (Å²) in [6.07, 6.45) is 0. The first kappa shape index (κ1) is 25.4. The van der Waals surface area contributed by atoms with Gasteiger partial charge >= 0.3 is 0 Å². The summed E-state index contributed by atoms with van der Waals surface area (Å²) in [5, 5.41) is 0.457. The Hall–Kier alpha value is -2.71. The topological polar surface area (TPSA) is 60.9 Å². The molecule has 1 heterocycles. The van der Waals surface area contributed by atoms with Crippen molar-refractivity contribution in [2.24, 2.45) is 0 Å². The molecule has 0 aromatic heterocycles. The monoisotopic (exact) mass is 511 g/mol. The number of amides is 1.